The molecule has 13 rings (SSSR count). The van der Waals surface area contributed by atoms with Gasteiger partial charge in [0, 0.05) is 12.3 Å². The number of esters is 1. The maximum absolute atomic E-state index is 14.6. The number of nitrogens with one attached hydrogen (secondary N) is 3. The average Bonchev–Trinajstić information content (AvgIpc) is 4.42. The third kappa shape index (κ3) is 11.8. The standard InChI is InChI=1S/C49H41N3O3.C20H19N3.C2H6/c53-47(55-31-44-42-20-10-8-18-40(42)41-19-9-11-21-43(41)44)29-38(27-32-22-23-33-12-4-5-16-36(33)26-32)49(54)52-45(28-37-25-24-34-13-6-7-17-39(34)37)48-50-30-46(51-48)35-14-2-1-3-15-35;21-18(12-16-11-10-14-6-4-5-9-17(14)16)20-22-13-19(23-20)15-7-2-1-3-8-15;1-2/h1-23,25-26,30,38,44-45H,24,27-29,31H2,(H,50,51)(H,52,54);1-9,11,13,18H,10,12,21H2,(H,22,23);1-2H3/t38-,45+;18-;/m01./s1. The zero-order chi connectivity index (χ0) is 54.8. The number of allylic oxidation sites excluding steroid dienone is 2. The van der Waals surface area contributed by atoms with Crippen LogP contribution in [0.3, 0.4) is 0 Å². The molecule has 3 aliphatic carbocycles. The Hall–Kier alpha value is -9.18. The first-order valence-electron chi connectivity index (χ1n) is 28.0. The molecule has 0 saturated carbocycles. The second-order valence-electron chi connectivity index (χ2n) is 20.6. The van der Waals surface area contributed by atoms with Crippen molar-refractivity contribution in [1.82, 2.24) is 25.3 Å². The van der Waals surface area contributed by atoms with Crippen LogP contribution in [-0.2, 0) is 33.6 Å². The molecule has 1 amide bonds. The Bertz CT molecular complexity index is 3790. The number of benzene rings is 8. The lowest BCUT2D eigenvalue weighted by Crippen LogP contribution is -2.37. The smallest absolute Gasteiger partial charge is 0.306 e. The molecule has 9 nitrogen and oxygen atoms in total. The molecule has 3 atom stereocenters. The summed E-state index contributed by atoms with van der Waals surface area (Å²) in [7, 11) is 0. The van der Waals surface area contributed by atoms with E-state index >= 15 is 0 Å². The first kappa shape index (κ1) is 52.9. The van der Waals surface area contributed by atoms with Crippen LogP contribution in [0.2, 0.25) is 0 Å². The Kier molecular flexibility index (Phi) is 16.3. The van der Waals surface area contributed by atoms with Crippen molar-refractivity contribution < 1.29 is 14.3 Å². The third-order valence-electron chi connectivity index (χ3n) is 15.5. The van der Waals surface area contributed by atoms with E-state index in [0.717, 1.165) is 75.1 Å². The van der Waals surface area contributed by atoms with Crippen LogP contribution in [0.25, 0.3) is 55.6 Å². The van der Waals surface area contributed by atoms with Gasteiger partial charge in [0.25, 0.3) is 0 Å². The van der Waals surface area contributed by atoms with Gasteiger partial charge in [0.05, 0.1) is 48.2 Å². The zero-order valence-electron chi connectivity index (χ0n) is 45.3. The third-order valence-corrected chi connectivity index (χ3v) is 15.5. The highest BCUT2D eigenvalue weighted by molar-refractivity contribution is 5.87. The van der Waals surface area contributed by atoms with E-state index in [4.69, 9.17) is 15.5 Å². The molecule has 2 heterocycles. The van der Waals surface area contributed by atoms with Gasteiger partial charge in [0.1, 0.15) is 18.3 Å². The van der Waals surface area contributed by atoms with E-state index in [0.29, 0.717) is 18.7 Å². The van der Waals surface area contributed by atoms with Crippen LogP contribution >= 0.6 is 0 Å². The van der Waals surface area contributed by atoms with Gasteiger partial charge in [-0.1, -0.05) is 226 Å². The number of hydrogen-bond acceptors (Lipinski definition) is 6. The van der Waals surface area contributed by atoms with Crippen LogP contribution in [0.1, 0.15) is 102 Å². The van der Waals surface area contributed by atoms with Crippen LogP contribution in [0.4, 0.5) is 0 Å². The predicted molar refractivity (Wildman–Crippen MR) is 323 cm³/mol. The van der Waals surface area contributed by atoms with Crippen LogP contribution in [0, 0.1) is 5.92 Å². The second kappa shape index (κ2) is 24.7. The molecular formula is C71H66N6O3. The SMILES string of the molecule is CC.N[C@H](CC1=CCc2ccccc21)c1ncc(-c2ccccc2)[nH]1.O=C(C[C@H](Cc1ccc2ccccc2c1)C(=O)N[C@H](CC1=CCc2ccccc21)c1ncc(-c2ccccc2)[nH]1)OCC1c2ccccc2-c2ccccc21. The first-order valence-corrected chi connectivity index (χ1v) is 28.0. The molecule has 0 aliphatic heterocycles. The molecule has 9 heteroatoms. The summed E-state index contributed by atoms with van der Waals surface area (Å²) in [5.41, 5.74) is 23.7. The molecule has 398 valence electrons. The van der Waals surface area contributed by atoms with Gasteiger partial charge in [-0.05, 0) is 109 Å². The largest absolute Gasteiger partial charge is 0.465 e. The number of fused-ring (bicyclic) bond motifs is 6. The summed E-state index contributed by atoms with van der Waals surface area (Å²) in [5, 5.41) is 5.58. The molecule has 3 aliphatic rings. The van der Waals surface area contributed by atoms with Crippen molar-refractivity contribution in [1.29, 1.82) is 0 Å². The van der Waals surface area contributed by atoms with E-state index < -0.39 is 17.9 Å². The summed E-state index contributed by atoms with van der Waals surface area (Å²) in [6.07, 6.45) is 11.8. The molecule has 8 aromatic carbocycles. The average molecular weight is 1050 g/mol. The number of H-pyrrole nitrogens is 2. The molecule has 80 heavy (non-hydrogen) atoms. The quantitative estimate of drug-likeness (QED) is 0.0711. The van der Waals surface area contributed by atoms with Crippen molar-refractivity contribution in [2.24, 2.45) is 11.7 Å². The Morgan fingerprint density at radius 3 is 1.68 bits per heavy atom. The summed E-state index contributed by atoms with van der Waals surface area (Å²) in [5.74, 6) is 0.172. The number of nitrogens with two attached hydrogens (primary N) is 1. The van der Waals surface area contributed by atoms with Crippen molar-refractivity contribution in [3.8, 4) is 33.6 Å². The molecule has 2 aromatic heterocycles. The number of rotatable bonds is 16. The number of carbonyl (C=O) groups excluding carboxylic acids is 2. The number of aromatic nitrogens is 4. The Morgan fingerprint density at radius 2 is 1.06 bits per heavy atom. The molecule has 0 radical (unpaired) electrons. The van der Waals surface area contributed by atoms with Crippen LogP contribution in [-0.4, -0.2) is 38.4 Å². The number of nitrogens with zero attached hydrogens (tertiary/aromatic N) is 2. The van der Waals surface area contributed by atoms with Gasteiger partial charge in [-0.25, -0.2) is 9.97 Å². The lowest BCUT2D eigenvalue weighted by atomic mass is 9.92. The van der Waals surface area contributed by atoms with Gasteiger partial charge in [-0.15, -0.1) is 0 Å². The predicted octanol–water partition coefficient (Wildman–Crippen LogP) is 15.2. The molecular weight excluding hydrogens is 985 g/mol. The molecule has 0 fully saturated rings. The highest BCUT2D eigenvalue weighted by Crippen LogP contribution is 2.45. The first-order chi connectivity index (χ1) is 39.4. The van der Waals surface area contributed by atoms with Gasteiger partial charge >= 0.3 is 5.97 Å². The number of hydrogen-bond donors (Lipinski definition) is 4. The molecule has 0 spiro atoms. The van der Waals surface area contributed by atoms with E-state index in [1.165, 1.54) is 44.5 Å². The fourth-order valence-corrected chi connectivity index (χ4v) is 11.5. The van der Waals surface area contributed by atoms with E-state index in [2.05, 4.69) is 148 Å². The maximum Gasteiger partial charge on any atom is 0.306 e. The van der Waals surface area contributed by atoms with E-state index in [9.17, 15) is 9.59 Å². The highest BCUT2D eigenvalue weighted by Gasteiger charge is 2.32. The highest BCUT2D eigenvalue weighted by atomic mass is 16.5. The van der Waals surface area contributed by atoms with Crippen molar-refractivity contribution in [3.63, 3.8) is 0 Å². The van der Waals surface area contributed by atoms with Crippen molar-refractivity contribution in [3.05, 3.63) is 275 Å². The Labute approximate surface area is 468 Å². The minimum atomic E-state index is -0.673. The lowest BCUT2D eigenvalue weighted by Gasteiger charge is -2.23. The molecule has 0 unspecified atom stereocenters. The van der Waals surface area contributed by atoms with Crippen LogP contribution in [0.5, 0.6) is 0 Å². The monoisotopic (exact) mass is 1050 g/mol. The van der Waals surface area contributed by atoms with Gasteiger partial charge in [0.15, 0.2) is 0 Å². The minimum Gasteiger partial charge on any atom is -0.465 e. The number of ether oxygens (including phenoxy) is 1. The van der Waals surface area contributed by atoms with Crippen LogP contribution < -0.4 is 11.1 Å². The maximum atomic E-state index is 14.6. The number of imidazole rings is 2. The molecule has 0 saturated heterocycles. The molecule has 5 N–H and O–H groups in total. The summed E-state index contributed by atoms with van der Waals surface area (Å²) >= 11 is 0. The van der Waals surface area contributed by atoms with E-state index in [-0.39, 0.29) is 30.9 Å². The van der Waals surface area contributed by atoms with E-state index in [1.807, 2.05) is 111 Å². The van der Waals surface area contributed by atoms with Gasteiger partial charge in [-0.3, -0.25) is 9.59 Å². The van der Waals surface area contributed by atoms with Crippen LogP contribution in [0.15, 0.2) is 225 Å². The molecule has 10 aromatic rings. The number of amides is 1. The summed E-state index contributed by atoms with van der Waals surface area (Å²) in [6.45, 7) is 4.21. The van der Waals surface area contributed by atoms with Gasteiger partial charge in [-0.2, -0.15) is 0 Å². The number of carbonyl (C=O) groups is 2. The summed E-state index contributed by atoms with van der Waals surface area (Å²) in [6, 6.07) is 67.7. The summed E-state index contributed by atoms with van der Waals surface area (Å²) in [4.78, 5) is 44.6. The Morgan fingerprint density at radius 1 is 0.562 bits per heavy atom. The van der Waals surface area contributed by atoms with Gasteiger partial charge in [0.2, 0.25) is 5.91 Å². The van der Waals surface area contributed by atoms with Crippen molar-refractivity contribution >= 4 is 33.8 Å². The number of aromatic amines is 2. The minimum absolute atomic E-state index is 0.0552. The van der Waals surface area contributed by atoms with Crippen molar-refractivity contribution in [2.45, 2.75) is 70.4 Å². The second-order valence-corrected chi connectivity index (χ2v) is 20.6. The zero-order valence-corrected chi connectivity index (χ0v) is 45.3. The fourth-order valence-electron chi connectivity index (χ4n) is 11.5. The Balaban J connectivity index is 0.000000224. The van der Waals surface area contributed by atoms with Gasteiger partial charge < -0.3 is 25.8 Å². The topological polar surface area (TPSA) is 139 Å². The fraction of sp³-hybridized carbons (Fsp3) is 0.183. The van der Waals surface area contributed by atoms with E-state index in [1.54, 1.807) is 0 Å². The normalized spacial score (nSPS) is 13.9. The lowest BCUT2D eigenvalue weighted by molar-refractivity contribution is -0.147. The molecule has 0 bridgehead atoms. The van der Waals surface area contributed by atoms with Crippen molar-refractivity contribution in [2.75, 3.05) is 6.61 Å². The summed E-state index contributed by atoms with van der Waals surface area (Å²) < 4.78 is 6.07.